The van der Waals surface area contributed by atoms with Crippen LogP contribution in [0.4, 0.5) is 0 Å². The summed E-state index contributed by atoms with van der Waals surface area (Å²) >= 11 is 0. The van der Waals surface area contributed by atoms with Crippen molar-refractivity contribution in [3.8, 4) is 11.5 Å². The third-order valence-electron chi connectivity index (χ3n) is 5.93. The number of carbonyl (C=O) groups excluding carboxylic acids is 1. The Morgan fingerprint density at radius 3 is 2.81 bits per heavy atom. The number of fused-ring (bicyclic) bond motifs is 3. The smallest absolute Gasteiger partial charge is 0.337 e. The Balaban J connectivity index is 2.07. The molecule has 148 valence electrons. The first-order chi connectivity index (χ1) is 12.9. The molecule has 0 radical (unpaired) electrons. The lowest BCUT2D eigenvalue weighted by atomic mass is 9.68. The highest BCUT2D eigenvalue weighted by Crippen LogP contribution is 2.53. The number of aliphatic hydroxyl groups is 1. The van der Waals surface area contributed by atoms with E-state index >= 15 is 0 Å². The molecule has 1 aromatic rings. The van der Waals surface area contributed by atoms with E-state index in [1.54, 1.807) is 0 Å². The molecular formula is C23H32O4. The summed E-state index contributed by atoms with van der Waals surface area (Å²) in [6.45, 7) is 8.04. The van der Waals surface area contributed by atoms with Gasteiger partial charge in [-0.1, -0.05) is 31.4 Å². The lowest BCUT2D eigenvalue weighted by molar-refractivity contribution is -0.137. The first kappa shape index (κ1) is 19.9. The van der Waals surface area contributed by atoms with Crippen molar-refractivity contribution in [3.05, 3.63) is 34.9 Å². The highest BCUT2D eigenvalue weighted by Gasteiger charge is 2.45. The second-order valence-electron chi connectivity index (χ2n) is 8.48. The second-order valence-corrected chi connectivity index (χ2v) is 8.48. The zero-order valence-electron chi connectivity index (χ0n) is 17.0. The summed E-state index contributed by atoms with van der Waals surface area (Å²) in [6.07, 6.45) is 8.80. The quantitative estimate of drug-likeness (QED) is 0.333. The maximum absolute atomic E-state index is 11.9. The molecule has 4 nitrogen and oxygen atoms in total. The molecule has 0 saturated heterocycles. The summed E-state index contributed by atoms with van der Waals surface area (Å²) in [5.41, 5.74) is 3.18. The lowest BCUT2D eigenvalue weighted by Gasteiger charge is -2.46. The molecule has 0 amide bonds. The number of benzene rings is 1. The van der Waals surface area contributed by atoms with E-state index in [4.69, 9.17) is 9.47 Å². The van der Waals surface area contributed by atoms with Crippen molar-refractivity contribution in [2.24, 2.45) is 5.92 Å². The fraction of sp³-hybridized carbons (Fsp3) is 0.609. The van der Waals surface area contributed by atoms with Gasteiger partial charge in [-0.2, -0.15) is 0 Å². The van der Waals surface area contributed by atoms with Gasteiger partial charge in [-0.15, -0.1) is 0 Å². The van der Waals surface area contributed by atoms with Crippen LogP contribution in [0.15, 0.2) is 23.8 Å². The maximum Gasteiger partial charge on any atom is 0.337 e. The Morgan fingerprint density at radius 2 is 2.11 bits per heavy atom. The SMILES string of the molecule is CCCCCc1cc(OC(=O)CO)c2c(c1)OC(C)(C)C1CCC(C)=C[C@@H]21. The first-order valence-electron chi connectivity index (χ1n) is 10.2. The van der Waals surface area contributed by atoms with Crippen LogP contribution < -0.4 is 9.47 Å². The summed E-state index contributed by atoms with van der Waals surface area (Å²) in [5.74, 6) is 1.26. The number of unbranched alkanes of at least 4 members (excludes halogenated alkanes) is 2. The average Bonchev–Trinajstić information content (AvgIpc) is 2.60. The molecule has 0 spiro atoms. The van der Waals surface area contributed by atoms with Gasteiger partial charge in [-0.25, -0.2) is 4.79 Å². The highest BCUT2D eigenvalue weighted by molar-refractivity contribution is 5.74. The van der Waals surface area contributed by atoms with Crippen molar-refractivity contribution >= 4 is 5.97 Å². The van der Waals surface area contributed by atoms with E-state index in [1.165, 1.54) is 12.0 Å². The van der Waals surface area contributed by atoms with Crippen LogP contribution in [0.25, 0.3) is 0 Å². The summed E-state index contributed by atoms with van der Waals surface area (Å²) in [7, 11) is 0. The van der Waals surface area contributed by atoms with Gasteiger partial charge >= 0.3 is 5.97 Å². The lowest BCUT2D eigenvalue weighted by Crippen LogP contribution is -2.45. The predicted molar refractivity (Wildman–Crippen MR) is 106 cm³/mol. The molecule has 1 unspecified atom stereocenters. The normalized spacial score (nSPS) is 22.9. The standard InChI is InChI=1S/C23H32O4/c1-5-6-7-8-16-12-19(26-21(25)14-24)22-17-11-15(2)9-10-18(17)23(3,4)27-20(22)13-16/h11-13,17-18,24H,5-10,14H2,1-4H3/t17-,18?/m1/s1. The zero-order valence-corrected chi connectivity index (χ0v) is 17.0. The summed E-state index contributed by atoms with van der Waals surface area (Å²) < 4.78 is 12.0. The molecule has 0 bridgehead atoms. The largest absolute Gasteiger partial charge is 0.487 e. The summed E-state index contributed by atoms with van der Waals surface area (Å²) in [5, 5.41) is 9.18. The molecule has 3 rings (SSSR count). The molecule has 1 aromatic carbocycles. The van der Waals surface area contributed by atoms with Crippen molar-refractivity contribution < 1.29 is 19.4 Å². The first-order valence-corrected chi connectivity index (χ1v) is 10.2. The van der Waals surface area contributed by atoms with E-state index in [2.05, 4.69) is 39.8 Å². The number of hydrogen-bond acceptors (Lipinski definition) is 4. The summed E-state index contributed by atoms with van der Waals surface area (Å²) in [4.78, 5) is 11.9. The Bertz CT molecular complexity index is 732. The van der Waals surface area contributed by atoms with Crippen molar-refractivity contribution in [2.75, 3.05) is 6.61 Å². The van der Waals surface area contributed by atoms with Crippen molar-refractivity contribution in [1.29, 1.82) is 0 Å². The third kappa shape index (κ3) is 4.21. The van der Waals surface area contributed by atoms with Crippen LogP contribution in [-0.4, -0.2) is 23.3 Å². The van der Waals surface area contributed by atoms with E-state index in [0.717, 1.165) is 49.0 Å². The minimum atomic E-state index is -0.624. The van der Waals surface area contributed by atoms with Crippen molar-refractivity contribution in [2.45, 2.75) is 77.7 Å². The third-order valence-corrected chi connectivity index (χ3v) is 5.93. The van der Waals surface area contributed by atoms with Gasteiger partial charge in [0.2, 0.25) is 0 Å². The number of allylic oxidation sites excluding steroid dienone is 2. The van der Waals surface area contributed by atoms with Gasteiger partial charge in [0.15, 0.2) is 0 Å². The molecule has 2 aliphatic rings. The Morgan fingerprint density at radius 1 is 1.33 bits per heavy atom. The number of aryl methyl sites for hydroxylation is 1. The van der Waals surface area contributed by atoms with Crippen molar-refractivity contribution in [1.82, 2.24) is 0 Å². The van der Waals surface area contributed by atoms with E-state index in [-0.39, 0.29) is 11.5 Å². The number of rotatable bonds is 6. The maximum atomic E-state index is 11.9. The predicted octanol–water partition coefficient (Wildman–Crippen LogP) is 4.93. The number of carbonyl (C=O) groups is 1. The average molecular weight is 373 g/mol. The molecule has 1 aliphatic carbocycles. The zero-order chi connectivity index (χ0) is 19.6. The number of esters is 1. The molecule has 1 N–H and O–H groups in total. The van der Waals surface area contributed by atoms with Gasteiger partial charge < -0.3 is 14.6 Å². The van der Waals surface area contributed by atoms with Crippen LogP contribution in [0.3, 0.4) is 0 Å². The number of aliphatic hydroxyl groups excluding tert-OH is 1. The molecule has 4 heteroatoms. The molecular weight excluding hydrogens is 340 g/mol. The fourth-order valence-corrected chi connectivity index (χ4v) is 4.52. The topological polar surface area (TPSA) is 55.8 Å². The monoisotopic (exact) mass is 372 g/mol. The van der Waals surface area contributed by atoms with Gasteiger partial charge in [0.25, 0.3) is 0 Å². The highest BCUT2D eigenvalue weighted by atomic mass is 16.5. The van der Waals surface area contributed by atoms with Crippen LogP contribution in [0, 0.1) is 5.92 Å². The van der Waals surface area contributed by atoms with Gasteiger partial charge in [-0.3, -0.25) is 0 Å². The van der Waals surface area contributed by atoms with E-state index in [9.17, 15) is 9.90 Å². The van der Waals surface area contributed by atoms with Crippen LogP contribution in [0.2, 0.25) is 0 Å². The van der Waals surface area contributed by atoms with Gasteiger partial charge in [0.1, 0.15) is 23.7 Å². The van der Waals surface area contributed by atoms with Crippen LogP contribution in [0.1, 0.15) is 76.8 Å². The van der Waals surface area contributed by atoms with Crippen LogP contribution in [-0.2, 0) is 11.2 Å². The molecule has 2 atom stereocenters. The molecule has 0 saturated carbocycles. The minimum Gasteiger partial charge on any atom is -0.487 e. The molecule has 1 aliphatic heterocycles. The van der Waals surface area contributed by atoms with Gasteiger partial charge in [0, 0.05) is 17.4 Å². The van der Waals surface area contributed by atoms with E-state index < -0.39 is 12.6 Å². The van der Waals surface area contributed by atoms with Gasteiger partial charge in [-0.05, 0) is 64.2 Å². The van der Waals surface area contributed by atoms with Crippen LogP contribution in [0.5, 0.6) is 11.5 Å². The molecule has 0 fully saturated rings. The van der Waals surface area contributed by atoms with E-state index in [0.29, 0.717) is 11.7 Å². The molecule has 1 heterocycles. The van der Waals surface area contributed by atoms with Crippen molar-refractivity contribution in [3.63, 3.8) is 0 Å². The number of ether oxygens (including phenoxy) is 2. The van der Waals surface area contributed by atoms with Crippen LogP contribution >= 0.6 is 0 Å². The molecule has 27 heavy (non-hydrogen) atoms. The van der Waals surface area contributed by atoms with E-state index in [1.807, 2.05) is 6.07 Å². The second kappa shape index (κ2) is 8.05. The molecule has 0 aromatic heterocycles. The summed E-state index contributed by atoms with van der Waals surface area (Å²) in [6, 6.07) is 4.09. The Kier molecular flexibility index (Phi) is 5.95. The fourth-order valence-electron chi connectivity index (χ4n) is 4.52. The minimum absolute atomic E-state index is 0.170. The van der Waals surface area contributed by atoms with Gasteiger partial charge in [0.05, 0.1) is 0 Å². The Hall–Kier alpha value is -1.81. The number of hydrogen-bond donors (Lipinski definition) is 1. The Labute approximate surface area is 162 Å².